The minimum absolute atomic E-state index is 0.0896. The molecule has 0 saturated heterocycles. The molecule has 7 nitrogen and oxygen atoms in total. The van der Waals surface area contributed by atoms with Gasteiger partial charge in [0.2, 0.25) is 11.8 Å². The Bertz CT molecular complexity index is 1120. The lowest BCUT2D eigenvalue weighted by atomic mass is 10.1. The Morgan fingerprint density at radius 2 is 1.76 bits per heavy atom. The summed E-state index contributed by atoms with van der Waals surface area (Å²) in [7, 11) is 0. The molecule has 3 aromatic rings. The van der Waals surface area contributed by atoms with E-state index in [0.717, 1.165) is 46.7 Å². The van der Waals surface area contributed by atoms with E-state index in [1.807, 2.05) is 57.2 Å². The Kier molecular flexibility index (Phi) is 8.27. The normalized spacial score (nSPS) is 11.8. The maximum absolute atomic E-state index is 12.7. The van der Waals surface area contributed by atoms with Crippen molar-refractivity contribution in [2.24, 2.45) is 0 Å². The van der Waals surface area contributed by atoms with Crippen LogP contribution >= 0.6 is 11.8 Å². The topological polar surface area (TPSA) is 88.9 Å². The van der Waals surface area contributed by atoms with Gasteiger partial charge >= 0.3 is 0 Å². The van der Waals surface area contributed by atoms with Crippen LogP contribution in [-0.4, -0.2) is 38.4 Å². The van der Waals surface area contributed by atoms with Crippen molar-refractivity contribution in [3.05, 3.63) is 59.2 Å². The molecule has 1 heterocycles. The van der Waals surface area contributed by atoms with E-state index in [1.54, 1.807) is 6.92 Å². The third-order valence-electron chi connectivity index (χ3n) is 5.26. The van der Waals surface area contributed by atoms with Gasteiger partial charge in [-0.2, -0.15) is 0 Å². The average molecular weight is 466 g/mol. The second-order valence-corrected chi connectivity index (χ2v) is 9.43. The molecule has 1 atom stereocenters. The van der Waals surface area contributed by atoms with Crippen LogP contribution in [0.25, 0.3) is 11.4 Å². The van der Waals surface area contributed by atoms with E-state index in [2.05, 4.69) is 38.4 Å². The molecule has 0 aliphatic carbocycles. The first kappa shape index (κ1) is 24.5. The van der Waals surface area contributed by atoms with Crippen molar-refractivity contribution in [3.63, 3.8) is 0 Å². The van der Waals surface area contributed by atoms with E-state index >= 15 is 0 Å². The smallest absolute Gasteiger partial charge is 0.243 e. The third kappa shape index (κ3) is 6.22. The third-order valence-corrected chi connectivity index (χ3v) is 6.34. The minimum Gasteiger partial charge on any atom is -0.346 e. The number of thioether (sulfide) groups is 1. The molecule has 0 aliphatic rings. The first-order valence-electron chi connectivity index (χ1n) is 11.1. The maximum atomic E-state index is 12.7. The number of hydrogen-bond donors (Lipinski definition) is 2. The summed E-state index contributed by atoms with van der Waals surface area (Å²) >= 11 is 1.34. The molecule has 2 aromatic carbocycles. The van der Waals surface area contributed by atoms with Gasteiger partial charge in [-0.3, -0.25) is 9.59 Å². The SMILES string of the molecule is CCCn1c(SC(C)C(=O)NCC(=O)Nc2c(C)cccc2C)nnc1-c1cccc(C)c1. The van der Waals surface area contributed by atoms with Crippen LogP contribution in [0.4, 0.5) is 5.69 Å². The molecule has 0 spiro atoms. The fraction of sp³-hybridized carbons (Fsp3) is 0.360. The standard InChI is InChI=1S/C25H31N5O2S/c1-6-13-30-23(20-12-7-9-16(2)14-20)28-29-25(30)33-19(5)24(32)26-15-21(31)27-22-17(3)10-8-11-18(22)4/h7-12,14,19H,6,13,15H2,1-5H3,(H,26,32)(H,27,31). The largest absolute Gasteiger partial charge is 0.346 e. The van der Waals surface area contributed by atoms with Crippen LogP contribution in [0.15, 0.2) is 47.6 Å². The molecule has 0 saturated carbocycles. The van der Waals surface area contributed by atoms with Gasteiger partial charge in [0, 0.05) is 17.8 Å². The molecule has 8 heteroatoms. The molecule has 174 valence electrons. The van der Waals surface area contributed by atoms with Crippen LogP contribution in [-0.2, 0) is 16.1 Å². The molecule has 1 aromatic heterocycles. The van der Waals surface area contributed by atoms with Gasteiger partial charge in [-0.1, -0.05) is 60.6 Å². The van der Waals surface area contributed by atoms with E-state index in [4.69, 9.17) is 0 Å². The van der Waals surface area contributed by atoms with Crippen molar-refractivity contribution < 1.29 is 9.59 Å². The van der Waals surface area contributed by atoms with Crippen LogP contribution in [0.2, 0.25) is 0 Å². The van der Waals surface area contributed by atoms with Gasteiger partial charge in [0.05, 0.1) is 11.8 Å². The fourth-order valence-electron chi connectivity index (χ4n) is 3.52. The molecular formula is C25H31N5O2S. The summed E-state index contributed by atoms with van der Waals surface area (Å²) in [6.45, 7) is 10.5. The minimum atomic E-state index is -0.428. The summed E-state index contributed by atoms with van der Waals surface area (Å²) in [4.78, 5) is 25.0. The van der Waals surface area contributed by atoms with Crippen LogP contribution in [0.5, 0.6) is 0 Å². The van der Waals surface area contributed by atoms with Crippen LogP contribution in [0.1, 0.15) is 37.0 Å². The lowest BCUT2D eigenvalue weighted by Gasteiger charge is -2.14. The number of para-hydroxylation sites is 1. The second kappa shape index (κ2) is 11.1. The second-order valence-electron chi connectivity index (χ2n) is 8.12. The van der Waals surface area contributed by atoms with Gasteiger partial charge in [-0.05, 0) is 51.3 Å². The molecule has 3 rings (SSSR count). The summed E-state index contributed by atoms with van der Waals surface area (Å²) in [6, 6.07) is 14.0. The highest BCUT2D eigenvalue weighted by Gasteiger charge is 2.21. The summed E-state index contributed by atoms with van der Waals surface area (Å²) in [5.41, 5.74) is 4.91. The lowest BCUT2D eigenvalue weighted by molar-refractivity contribution is -0.123. The maximum Gasteiger partial charge on any atom is 0.243 e. The zero-order chi connectivity index (χ0) is 24.0. The number of aryl methyl sites for hydroxylation is 3. The number of carbonyl (C=O) groups excluding carboxylic acids is 2. The lowest BCUT2D eigenvalue weighted by Crippen LogP contribution is -2.37. The number of nitrogens with zero attached hydrogens (tertiary/aromatic N) is 3. The number of anilines is 1. The average Bonchev–Trinajstić information content (AvgIpc) is 3.17. The molecule has 2 amide bonds. The van der Waals surface area contributed by atoms with Crippen molar-refractivity contribution in [2.45, 2.75) is 58.0 Å². The number of rotatable bonds is 9. The highest BCUT2D eigenvalue weighted by molar-refractivity contribution is 8.00. The van der Waals surface area contributed by atoms with E-state index < -0.39 is 5.25 Å². The van der Waals surface area contributed by atoms with E-state index in [0.29, 0.717) is 5.16 Å². The first-order valence-corrected chi connectivity index (χ1v) is 12.0. The van der Waals surface area contributed by atoms with Crippen molar-refractivity contribution in [1.82, 2.24) is 20.1 Å². The number of nitrogens with one attached hydrogen (secondary N) is 2. The molecule has 0 aliphatic heterocycles. The van der Waals surface area contributed by atoms with Gasteiger partial charge < -0.3 is 15.2 Å². The van der Waals surface area contributed by atoms with Crippen LogP contribution in [0.3, 0.4) is 0 Å². The Hall–Kier alpha value is -3.13. The molecular weight excluding hydrogens is 434 g/mol. The molecule has 2 N–H and O–H groups in total. The number of hydrogen-bond acceptors (Lipinski definition) is 5. The molecule has 0 bridgehead atoms. The Labute approximate surface area is 199 Å². The predicted octanol–water partition coefficient (Wildman–Crippen LogP) is 4.52. The van der Waals surface area contributed by atoms with E-state index in [-0.39, 0.29) is 18.4 Å². The molecule has 0 fully saturated rings. The van der Waals surface area contributed by atoms with Gasteiger partial charge in [0.25, 0.3) is 0 Å². The highest BCUT2D eigenvalue weighted by atomic mass is 32.2. The summed E-state index contributed by atoms with van der Waals surface area (Å²) in [5.74, 6) is 0.317. The van der Waals surface area contributed by atoms with Crippen LogP contribution < -0.4 is 10.6 Å². The molecule has 1 unspecified atom stereocenters. The van der Waals surface area contributed by atoms with Crippen molar-refractivity contribution in [2.75, 3.05) is 11.9 Å². The quantitative estimate of drug-likeness (QED) is 0.454. The van der Waals surface area contributed by atoms with Crippen molar-refractivity contribution in [1.29, 1.82) is 0 Å². The van der Waals surface area contributed by atoms with E-state index in [1.165, 1.54) is 11.8 Å². The Morgan fingerprint density at radius 1 is 1.06 bits per heavy atom. The zero-order valence-corrected chi connectivity index (χ0v) is 20.6. The predicted molar refractivity (Wildman–Crippen MR) is 133 cm³/mol. The number of amides is 2. The number of aromatic nitrogens is 3. The van der Waals surface area contributed by atoms with Gasteiger partial charge in [-0.25, -0.2) is 0 Å². The van der Waals surface area contributed by atoms with E-state index in [9.17, 15) is 9.59 Å². The van der Waals surface area contributed by atoms with Crippen molar-refractivity contribution >= 4 is 29.3 Å². The summed E-state index contributed by atoms with van der Waals surface area (Å²) in [6.07, 6.45) is 0.920. The van der Waals surface area contributed by atoms with Gasteiger partial charge in [-0.15, -0.1) is 10.2 Å². The zero-order valence-electron chi connectivity index (χ0n) is 19.8. The molecule has 33 heavy (non-hydrogen) atoms. The number of benzene rings is 2. The van der Waals surface area contributed by atoms with Gasteiger partial charge in [0.1, 0.15) is 0 Å². The fourth-order valence-corrected chi connectivity index (χ4v) is 4.42. The highest BCUT2D eigenvalue weighted by Crippen LogP contribution is 2.27. The Balaban J connectivity index is 1.63. The number of carbonyl (C=O) groups is 2. The summed E-state index contributed by atoms with van der Waals surface area (Å²) in [5, 5.41) is 14.6. The first-order chi connectivity index (χ1) is 15.8. The van der Waals surface area contributed by atoms with Gasteiger partial charge in [0.15, 0.2) is 11.0 Å². The van der Waals surface area contributed by atoms with Crippen LogP contribution in [0, 0.1) is 20.8 Å². The Morgan fingerprint density at radius 3 is 2.42 bits per heavy atom. The van der Waals surface area contributed by atoms with Crippen molar-refractivity contribution in [3.8, 4) is 11.4 Å². The summed E-state index contributed by atoms with van der Waals surface area (Å²) < 4.78 is 2.05. The molecule has 0 radical (unpaired) electrons. The monoisotopic (exact) mass is 465 g/mol.